The minimum Gasteiger partial charge on any atom is -0.382 e. The summed E-state index contributed by atoms with van der Waals surface area (Å²) in [6.07, 6.45) is 3.58. The second-order valence-electron chi connectivity index (χ2n) is 6.50. The second kappa shape index (κ2) is 7.75. The van der Waals surface area contributed by atoms with Crippen LogP contribution in [0, 0.1) is 19.8 Å². The van der Waals surface area contributed by atoms with Crippen LogP contribution in [-0.4, -0.2) is 46.3 Å². The third kappa shape index (κ3) is 3.93. The number of piperidine rings is 1. The van der Waals surface area contributed by atoms with Crippen molar-refractivity contribution in [2.45, 2.75) is 40.0 Å². The maximum absolute atomic E-state index is 5.47. The molecule has 3 heterocycles. The van der Waals surface area contributed by atoms with Crippen LogP contribution in [0.25, 0.3) is 5.82 Å². The Morgan fingerprint density at radius 3 is 2.42 bits per heavy atom. The SMILES string of the molecule is CCOCCC1CCN(c2ccc(-n3nc(C)cc3C)nn2)CC1. The highest BCUT2D eigenvalue weighted by Gasteiger charge is 2.20. The number of anilines is 1. The lowest BCUT2D eigenvalue weighted by atomic mass is 9.94. The van der Waals surface area contributed by atoms with Crippen molar-refractivity contribution >= 4 is 5.82 Å². The lowest BCUT2D eigenvalue weighted by Gasteiger charge is -2.32. The highest BCUT2D eigenvalue weighted by atomic mass is 16.5. The molecule has 0 saturated carbocycles. The lowest BCUT2D eigenvalue weighted by Crippen LogP contribution is -2.34. The van der Waals surface area contributed by atoms with E-state index >= 15 is 0 Å². The van der Waals surface area contributed by atoms with Gasteiger partial charge in [0.05, 0.1) is 5.69 Å². The van der Waals surface area contributed by atoms with E-state index in [1.165, 1.54) is 19.3 Å². The molecule has 0 aliphatic carbocycles. The van der Waals surface area contributed by atoms with Crippen molar-refractivity contribution in [3.8, 4) is 5.82 Å². The molecular weight excluding hydrogens is 302 g/mol. The van der Waals surface area contributed by atoms with E-state index in [2.05, 4.69) is 33.2 Å². The van der Waals surface area contributed by atoms with Gasteiger partial charge in [-0.1, -0.05) is 0 Å². The van der Waals surface area contributed by atoms with Gasteiger partial charge in [-0.15, -0.1) is 10.2 Å². The van der Waals surface area contributed by atoms with E-state index in [9.17, 15) is 0 Å². The van der Waals surface area contributed by atoms with Crippen molar-refractivity contribution in [2.24, 2.45) is 5.92 Å². The zero-order chi connectivity index (χ0) is 16.9. The van der Waals surface area contributed by atoms with E-state index in [1.54, 1.807) is 0 Å². The third-order valence-corrected chi connectivity index (χ3v) is 4.68. The van der Waals surface area contributed by atoms with Crippen molar-refractivity contribution < 1.29 is 4.74 Å². The molecule has 2 aromatic heterocycles. The van der Waals surface area contributed by atoms with E-state index in [0.29, 0.717) is 0 Å². The van der Waals surface area contributed by atoms with Gasteiger partial charge in [-0.3, -0.25) is 0 Å². The van der Waals surface area contributed by atoms with Crippen LogP contribution >= 0.6 is 0 Å². The molecule has 0 atom stereocenters. The minimum absolute atomic E-state index is 0.773. The summed E-state index contributed by atoms with van der Waals surface area (Å²) in [4.78, 5) is 2.33. The van der Waals surface area contributed by atoms with Crippen LogP contribution in [0.5, 0.6) is 0 Å². The Hall–Kier alpha value is -1.95. The first-order valence-corrected chi connectivity index (χ1v) is 8.87. The van der Waals surface area contributed by atoms with Crippen LogP contribution in [0.3, 0.4) is 0 Å². The summed E-state index contributed by atoms with van der Waals surface area (Å²) in [5.74, 6) is 2.51. The molecule has 24 heavy (non-hydrogen) atoms. The number of hydrogen-bond donors (Lipinski definition) is 0. The number of hydrogen-bond acceptors (Lipinski definition) is 5. The topological polar surface area (TPSA) is 56.1 Å². The maximum Gasteiger partial charge on any atom is 0.176 e. The molecule has 0 bridgehead atoms. The van der Waals surface area contributed by atoms with Gasteiger partial charge >= 0.3 is 0 Å². The average Bonchev–Trinajstić information content (AvgIpc) is 2.94. The highest BCUT2D eigenvalue weighted by molar-refractivity contribution is 5.40. The first-order chi connectivity index (χ1) is 11.7. The fraction of sp³-hybridized carbons (Fsp3) is 0.611. The molecule has 0 unspecified atom stereocenters. The fourth-order valence-electron chi connectivity index (χ4n) is 3.31. The molecule has 130 valence electrons. The van der Waals surface area contributed by atoms with Crippen molar-refractivity contribution in [1.29, 1.82) is 0 Å². The van der Waals surface area contributed by atoms with Crippen LogP contribution < -0.4 is 4.90 Å². The highest BCUT2D eigenvalue weighted by Crippen LogP contribution is 2.24. The van der Waals surface area contributed by atoms with Crippen LogP contribution in [-0.2, 0) is 4.74 Å². The Kier molecular flexibility index (Phi) is 5.45. The predicted molar refractivity (Wildman–Crippen MR) is 94.7 cm³/mol. The summed E-state index contributed by atoms with van der Waals surface area (Å²) in [5, 5.41) is 13.2. The molecule has 6 heteroatoms. The molecule has 0 amide bonds. The zero-order valence-corrected chi connectivity index (χ0v) is 14.9. The summed E-state index contributed by atoms with van der Waals surface area (Å²) >= 11 is 0. The standard InChI is InChI=1S/C18H27N5O/c1-4-24-12-9-16-7-10-22(11-8-16)17-5-6-18(20-19-17)23-15(3)13-14(2)21-23/h5-6,13,16H,4,7-12H2,1-3H3. The average molecular weight is 329 g/mol. The Bertz CT molecular complexity index is 644. The molecule has 0 radical (unpaired) electrons. The Labute approximate surface area is 143 Å². The first-order valence-electron chi connectivity index (χ1n) is 8.87. The van der Waals surface area contributed by atoms with E-state index in [-0.39, 0.29) is 0 Å². The normalized spacial score (nSPS) is 15.9. The number of aryl methyl sites for hydroxylation is 2. The maximum atomic E-state index is 5.47. The number of aromatic nitrogens is 4. The van der Waals surface area contributed by atoms with Crippen molar-refractivity contribution in [1.82, 2.24) is 20.0 Å². The molecule has 1 aliphatic heterocycles. The van der Waals surface area contributed by atoms with Crippen molar-refractivity contribution in [3.05, 3.63) is 29.6 Å². The van der Waals surface area contributed by atoms with Gasteiger partial charge in [0.2, 0.25) is 0 Å². The van der Waals surface area contributed by atoms with E-state index in [4.69, 9.17) is 4.74 Å². The minimum atomic E-state index is 0.773. The molecule has 1 fully saturated rings. The summed E-state index contributed by atoms with van der Waals surface area (Å²) in [6.45, 7) is 9.87. The van der Waals surface area contributed by atoms with Gasteiger partial charge in [0.25, 0.3) is 0 Å². The zero-order valence-electron chi connectivity index (χ0n) is 14.9. The van der Waals surface area contributed by atoms with Gasteiger partial charge in [-0.05, 0) is 64.2 Å². The van der Waals surface area contributed by atoms with Crippen LogP contribution in [0.2, 0.25) is 0 Å². The van der Waals surface area contributed by atoms with E-state index in [0.717, 1.165) is 55.2 Å². The molecule has 1 saturated heterocycles. The number of rotatable bonds is 6. The van der Waals surface area contributed by atoms with Gasteiger partial charge in [-0.2, -0.15) is 5.10 Å². The van der Waals surface area contributed by atoms with Gasteiger partial charge < -0.3 is 9.64 Å². The summed E-state index contributed by atoms with van der Waals surface area (Å²) in [6, 6.07) is 6.10. The molecule has 0 N–H and O–H groups in total. The Balaban J connectivity index is 1.58. The summed E-state index contributed by atoms with van der Waals surface area (Å²) in [5.41, 5.74) is 2.07. The molecule has 0 aromatic carbocycles. The number of ether oxygens (including phenoxy) is 1. The molecule has 2 aromatic rings. The van der Waals surface area contributed by atoms with Gasteiger partial charge in [0.1, 0.15) is 0 Å². The Morgan fingerprint density at radius 1 is 1.12 bits per heavy atom. The van der Waals surface area contributed by atoms with Crippen LogP contribution in [0.4, 0.5) is 5.82 Å². The van der Waals surface area contributed by atoms with Gasteiger partial charge in [-0.25, -0.2) is 4.68 Å². The van der Waals surface area contributed by atoms with Gasteiger partial charge in [0.15, 0.2) is 11.6 Å². The van der Waals surface area contributed by atoms with Crippen LogP contribution in [0.1, 0.15) is 37.6 Å². The molecule has 1 aliphatic rings. The quantitative estimate of drug-likeness (QED) is 0.763. The van der Waals surface area contributed by atoms with Crippen LogP contribution in [0.15, 0.2) is 18.2 Å². The molecule has 0 spiro atoms. The second-order valence-corrected chi connectivity index (χ2v) is 6.50. The first kappa shape index (κ1) is 16.9. The molecular formula is C18H27N5O. The third-order valence-electron chi connectivity index (χ3n) is 4.68. The summed E-state index contributed by atoms with van der Waals surface area (Å²) in [7, 11) is 0. The van der Waals surface area contributed by atoms with Gasteiger partial charge in [0, 0.05) is 32.0 Å². The molecule has 3 rings (SSSR count). The predicted octanol–water partition coefficient (Wildman–Crippen LogP) is 2.92. The lowest BCUT2D eigenvalue weighted by molar-refractivity contribution is 0.127. The van der Waals surface area contributed by atoms with E-state index in [1.807, 2.05) is 30.7 Å². The number of nitrogens with zero attached hydrogens (tertiary/aromatic N) is 5. The van der Waals surface area contributed by atoms with E-state index < -0.39 is 0 Å². The molecule has 6 nitrogen and oxygen atoms in total. The monoisotopic (exact) mass is 329 g/mol. The smallest absolute Gasteiger partial charge is 0.176 e. The Morgan fingerprint density at radius 2 is 1.83 bits per heavy atom. The van der Waals surface area contributed by atoms with Crippen molar-refractivity contribution in [2.75, 3.05) is 31.2 Å². The fourth-order valence-corrected chi connectivity index (χ4v) is 3.31. The summed E-state index contributed by atoms with van der Waals surface area (Å²) < 4.78 is 7.31. The van der Waals surface area contributed by atoms with Crippen molar-refractivity contribution in [3.63, 3.8) is 0 Å². The largest absolute Gasteiger partial charge is 0.382 e.